The number of hydrogen-bond donors (Lipinski definition) is 2. The van der Waals surface area contributed by atoms with Crippen molar-refractivity contribution in [2.45, 2.75) is 31.5 Å². The molecule has 1 saturated carbocycles. The molecule has 1 atom stereocenters. The third kappa shape index (κ3) is 4.34. The second-order valence-electron chi connectivity index (χ2n) is 7.60. The number of carbonyl (C=O) groups excluding carboxylic acids is 1. The lowest BCUT2D eigenvalue weighted by Crippen LogP contribution is -2.51. The maximum absolute atomic E-state index is 13.5. The van der Waals surface area contributed by atoms with E-state index in [1.165, 1.54) is 37.2 Å². The number of nitrogen functional groups attached to an aromatic ring is 1. The molecule has 3 N–H and O–H groups in total. The first-order valence-corrected chi connectivity index (χ1v) is 9.64. The smallest absolute Gasteiger partial charge is 0.383 e. The number of halogens is 3. The quantitative estimate of drug-likeness (QED) is 0.731. The molecule has 1 aliphatic heterocycles. The van der Waals surface area contributed by atoms with Crippen LogP contribution in [0.3, 0.4) is 0 Å². The van der Waals surface area contributed by atoms with Crippen molar-refractivity contribution in [2.75, 3.05) is 30.3 Å². The number of alkyl halides is 3. The Morgan fingerprint density at radius 1 is 1.31 bits per heavy atom. The van der Waals surface area contributed by atoms with Crippen molar-refractivity contribution in [1.82, 2.24) is 15.3 Å². The minimum Gasteiger partial charge on any atom is -0.383 e. The predicted molar refractivity (Wildman–Crippen MR) is 109 cm³/mol. The Balaban J connectivity index is 0.00000171. The molecule has 2 fully saturated rings. The van der Waals surface area contributed by atoms with Crippen LogP contribution in [0.5, 0.6) is 0 Å². The van der Waals surface area contributed by atoms with Gasteiger partial charge in [-0.15, -0.1) is 0 Å². The summed E-state index contributed by atoms with van der Waals surface area (Å²) in [6.45, 7) is 1.98. The number of ketones is 1. The van der Waals surface area contributed by atoms with E-state index < -0.39 is 23.2 Å². The highest BCUT2D eigenvalue weighted by Crippen LogP contribution is 2.36. The van der Waals surface area contributed by atoms with Gasteiger partial charge in [-0.3, -0.25) is 4.79 Å². The number of piperazine rings is 1. The Labute approximate surface area is 170 Å². The molecule has 0 aromatic carbocycles. The minimum atomic E-state index is -4.70. The molecule has 1 unspecified atom stereocenters. The van der Waals surface area contributed by atoms with Gasteiger partial charge in [0.05, 0.1) is 11.1 Å². The summed E-state index contributed by atoms with van der Waals surface area (Å²) in [5, 5.41) is 3.46. The van der Waals surface area contributed by atoms with Crippen LogP contribution in [-0.2, 0) is 6.18 Å². The maximum atomic E-state index is 13.5. The van der Waals surface area contributed by atoms with Crippen molar-refractivity contribution in [3.05, 3.63) is 47.3 Å². The lowest BCUT2D eigenvalue weighted by atomic mass is 10.0. The minimum absolute atomic E-state index is 0. The largest absolute Gasteiger partial charge is 0.418 e. The van der Waals surface area contributed by atoms with Crippen LogP contribution in [-0.4, -0.2) is 41.4 Å². The van der Waals surface area contributed by atoms with Crippen LogP contribution in [0.4, 0.5) is 24.8 Å². The van der Waals surface area contributed by atoms with Crippen LogP contribution in [0.2, 0.25) is 0 Å². The molecule has 2 aliphatic rings. The van der Waals surface area contributed by atoms with Crippen LogP contribution >= 0.6 is 0 Å². The molecule has 3 heterocycles. The zero-order valence-corrected chi connectivity index (χ0v) is 15.7. The van der Waals surface area contributed by atoms with E-state index in [2.05, 4.69) is 15.3 Å². The topological polar surface area (TPSA) is 84.1 Å². The molecular weight excluding hydrogens is 383 g/mol. The first-order chi connectivity index (χ1) is 13.8. The van der Waals surface area contributed by atoms with Crippen molar-refractivity contribution in [1.29, 1.82) is 0 Å². The number of nitrogens with zero attached hydrogens (tertiary/aromatic N) is 3. The molecular formula is C20H28F3N5O. The van der Waals surface area contributed by atoms with Gasteiger partial charge >= 0.3 is 6.18 Å². The third-order valence-corrected chi connectivity index (χ3v) is 5.38. The molecule has 160 valence electrons. The fraction of sp³-hybridized carbons (Fsp3) is 0.450. The van der Waals surface area contributed by atoms with Gasteiger partial charge in [0.2, 0.25) is 5.78 Å². The highest BCUT2D eigenvalue weighted by Gasteiger charge is 2.38. The van der Waals surface area contributed by atoms with E-state index in [9.17, 15) is 18.0 Å². The average Bonchev–Trinajstić information content (AvgIpc) is 3.51. The highest BCUT2D eigenvalue weighted by atomic mass is 19.4. The summed E-state index contributed by atoms with van der Waals surface area (Å²) in [7, 11) is 0. The van der Waals surface area contributed by atoms with E-state index in [4.69, 9.17) is 5.73 Å². The summed E-state index contributed by atoms with van der Waals surface area (Å²) >= 11 is 0. The van der Waals surface area contributed by atoms with Crippen molar-refractivity contribution < 1.29 is 22.2 Å². The number of rotatable bonds is 5. The molecule has 0 bridgehead atoms. The highest BCUT2D eigenvalue weighted by molar-refractivity contribution is 6.11. The van der Waals surface area contributed by atoms with Crippen LogP contribution in [0.1, 0.15) is 45.2 Å². The number of nitrogens with two attached hydrogens (primary N) is 1. The fourth-order valence-electron chi connectivity index (χ4n) is 3.71. The van der Waals surface area contributed by atoms with Crippen LogP contribution < -0.4 is 16.0 Å². The van der Waals surface area contributed by atoms with E-state index in [0.29, 0.717) is 18.9 Å². The normalized spacial score (nSPS) is 20.0. The Morgan fingerprint density at radius 2 is 2.10 bits per heavy atom. The number of hydrogen-bond acceptors (Lipinski definition) is 6. The summed E-state index contributed by atoms with van der Waals surface area (Å²) in [5.41, 5.74) is 3.90. The van der Waals surface area contributed by atoms with Gasteiger partial charge < -0.3 is 16.0 Å². The molecule has 6 nitrogen and oxygen atoms in total. The zero-order valence-electron chi connectivity index (χ0n) is 15.7. The van der Waals surface area contributed by atoms with Gasteiger partial charge in [0, 0.05) is 36.2 Å². The number of aromatic nitrogens is 2. The van der Waals surface area contributed by atoms with Crippen molar-refractivity contribution in [3.8, 4) is 0 Å². The number of anilines is 2. The zero-order chi connectivity index (χ0) is 20.6. The summed E-state index contributed by atoms with van der Waals surface area (Å²) < 4.78 is 40.6. The van der Waals surface area contributed by atoms with E-state index in [1.54, 1.807) is 0 Å². The number of pyridine rings is 2. The molecule has 1 saturated heterocycles. The summed E-state index contributed by atoms with van der Waals surface area (Å²) in [6, 6.07) is 5.36. The van der Waals surface area contributed by atoms with E-state index in [-0.39, 0.29) is 21.7 Å². The van der Waals surface area contributed by atoms with Gasteiger partial charge in [-0.2, -0.15) is 13.2 Å². The summed E-state index contributed by atoms with van der Waals surface area (Å²) in [5.74, 6) is 0.101. The lowest BCUT2D eigenvalue weighted by molar-refractivity contribution is -0.138. The number of nitrogens with one attached hydrogen (secondary N) is 1. The maximum Gasteiger partial charge on any atom is 0.418 e. The van der Waals surface area contributed by atoms with Gasteiger partial charge in [-0.05, 0) is 36.6 Å². The van der Waals surface area contributed by atoms with E-state index in [0.717, 1.165) is 24.9 Å². The third-order valence-electron chi connectivity index (χ3n) is 5.38. The Bertz CT molecular complexity index is 928. The summed E-state index contributed by atoms with van der Waals surface area (Å²) in [6.07, 6.45) is 0.200. The van der Waals surface area contributed by atoms with Gasteiger partial charge in [-0.1, -0.05) is 12.8 Å². The fourth-order valence-corrected chi connectivity index (χ4v) is 3.71. The standard InChI is InChI=1S/C20H22F3N5O.3H2/c21-20(22,23)15-5-6-16(28-9-8-25-13(11-28)10-12-3-4-12)27-17(15)18(29)14-2-1-7-26-19(14)24;;;/h1-2,5-7,12-13,25H,3-4,8-11H2,(H2,24,26);3*1H. The van der Waals surface area contributed by atoms with Crippen LogP contribution in [0.25, 0.3) is 0 Å². The lowest BCUT2D eigenvalue weighted by Gasteiger charge is -2.35. The first-order valence-electron chi connectivity index (χ1n) is 9.64. The summed E-state index contributed by atoms with van der Waals surface area (Å²) in [4.78, 5) is 22.8. The molecule has 1 aliphatic carbocycles. The van der Waals surface area contributed by atoms with Gasteiger partial charge in [-0.25, -0.2) is 9.97 Å². The Hall–Kier alpha value is -2.68. The van der Waals surface area contributed by atoms with E-state index in [1.807, 2.05) is 4.90 Å². The Morgan fingerprint density at radius 3 is 2.79 bits per heavy atom. The SMILES string of the molecule is Nc1ncccc1C(=O)c1nc(N2CCNC(CC3CC3)C2)ccc1C(F)(F)F.[HH].[HH].[HH]. The molecule has 2 aromatic heterocycles. The van der Waals surface area contributed by atoms with Crippen molar-refractivity contribution >= 4 is 17.4 Å². The molecule has 0 radical (unpaired) electrons. The second kappa shape index (κ2) is 7.62. The van der Waals surface area contributed by atoms with Gasteiger partial charge in [0.15, 0.2) is 0 Å². The van der Waals surface area contributed by atoms with Crippen molar-refractivity contribution in [3.63, 3.8) is 0 Å². The molecule has 0 amide bonds. The molecule has 4 rings (SSSR count). The molecule has 0 spiro atoms. The van der Waals surface area contributed by atoms with E-state index >= 15 is 0 Å². The van der Waals surface area contributed by atoms with Gasteiger partial charge in [0.25, 0.3) is 0 Å². The van der Waals surface area contributed by atoms with Crippen LogP contribution in [0.15, 0.2) is 30.5 Å². The predicted octanol–water partition coefficient (Wildman–Crippen LogP) is 3.62. The average molecular weight is 411 g/mol. The Kier molecular flexibility index (Phi) is 5.16. The first kappa shape index (κ1) is 19.6. The monoisotopic (exact) mass is 411 g/mol. The number of carbonyl (C=O) groups is 1. The molecule has 9 heteroatoms. The molecule has 29 heavy (non-hydrogen) atoms. The molecule has 2 aromatic rings. The van der Waals surface area contributed by atoms with Gasteiger partial charge in [0.1, 0.15) is 17.3 Å². The second-order valence-corrected chi connectivity index (χ2v) is 7.60. The van der Waals surface area contributed by atoms with Crippen LogP contribution in [0, 0.1) is 5.92 Å². The van der Waals surface area contributed by atoms with Crippen molar-refractivity contribution in [2.24, 2.45) is 5.92 Å².